The standard InChI is InChI=1S/C13H18N2O3/c1-4-9(8(2)3)15-12(16)10-6-5-7-11(14-10)13(17)18/h5-9H,4H2,1-3H3,(H,15,16)(H,17,18). The van der Waals surface area contributed by atoms with Crippen molar-refractivity contribution in [1.29, 1.82) is 0 Å². The molecule has 1 atom stereocenters. The van der Waals surface area contributed by atoms with Crippen molar-refractivity contribution >= 4 is 11.9 Å². The molecule has 1 aromatic heterocycles. The Morgan fingerprint density at radius 2 is 1.94 bits per heavy atom. The van der Waals surface area contributed by atoms with Gasteiger partial charge < -0.3 is 10.4 Å². The number of nitrogens with one attached hydrogen (secondary N) is 1. The molecule has 1 aromatic rings. The first-order valence-corrected chi connectivity index (χ1v) is 5.97. The largest absolute Gasteiger partial charge is 0.477 e. The van der Waals surface area contributed by atoms with E-state index in [0.717, 1.165) is 6.42 Å². The van der Waals surface area contributed by atoms with Gasteiger partial charge in [0.1, 0.15) is 11.4 Å². The van der Waals surface area contributed by atoms with Crippen LogP contribution in [0.3, 0.4) is 0 Å². The van der Waals surface area contributed by atoms with Gasteiger partial charge >= 0.3 is 5.97 Å². The van der Waals surface area contributed by atoms with Crippen LogP contribution in [-0.2, 0) is 0 Å². The fourth-order valence-electron chi connectivity index (χ4n) is 1.66. The first-order chi connectivity index (χ1) is 8.45. The van der Waals surface area contributed by atoms with Gasteiger partial charge in [-0.25, -0.2) is 9.78 Å². The maximum Gasteiger partial charge on any atom is 0.354 e. The predicted molar refractivity (Wildman–Crippen MR) is 67.6 cm³/mol. The fourth-order valence-corrected chi connectivity index (χ4v) is 1.66. The van der Waals surface area contributed by atoms with Gasteiger partial charge in [0.15, 0.2) is 0 Å². The summed E-state index contributed by atoms with van der Waals surface area (Å²) in [6.45, 7) is 6.04. The molecule has 5 heteroatoms. The Kier molecular flexibility index (Phi) is 4.83. The zero-order valence-corrected chi connectivity index (χ0v) is 10.8. The van der Waals surface area contributed by atoms with Crippen LogP contribution in [0.4, 0.5) is 0 Å². The van der Waals surface area contributed by atoms with Crippen LogP contribution >= 0.6 is 0 Å². The topological polar surface area (TPSA) is 79.3 Å². The average molecular weight is 250 g/mol. The second kappa shape index (κ2) is 6.14. The highest BCUT2D eigenvalue weighted by Crippen LogP contribution is 2.07. The van der Waals surface area contributed by atoms with Gasteiger partial charge in [-0.15, -0.1) is 0 Å². The molecule has 0 aliphatic carbocycles. The smallest absolute Gasteiger partial charge is 0.354 e. The van der Waals surface area contributed by atoms with Gasteiger partial charge in [0, 0.05) is 6.04 Å². The summed E-state index contributed by atoms with van der Waals surface area (Å²) < 4.78 is 0. The molecule has 18 heavy (non-hydrogen) atoms. The molecule has 0 saturated heterocycles. The molecule has 98 valence electrons. The summed E-state index contributed by atoms with van der Waals surface area (Å²) in [4.78, 5) is 26.5. The molecule has 5 nitrogen and oxygen atoms in total. The molecule has 0 saturated carbocycles. The number of aromatic carboxylic acids is 1. The summed E-state index contributed by atoms with van der Waals surface area (Å²) >= 11 is 0. The van der Waals surface area contributed by atoms with Crippen LogP contribution < -0.4 is 5.32 Å². The molecule has 1 rings (SSSR count). The third-order valence-electron chi connectivity index (χ3n) is 2.76. The lowest BCUT2D eigenvalue weighted by Crippen LogP contribution is -2.38. The number of amides is 1. The van der Waals surface area contributed by atoms with Gasteiger partial charge in [-0.3, -0.25) is 4.79 Å². The van der Waals surface area contributed by atoms with Crippen LogP contribution in [0.15, 0.2) is 18.2 Å². The summed E-state index contributed by atoms with van der Waals surface area (Å²) in [5, 5.41) is 11.7. The molecule has 0 aromatic carbocycles. The predicted octanol–water partition coefficient (Wildman–Crippen LogP) is 1.94. The van der Waals surface area contributed by atoms with Gasteiger partial charge in [-0.1, -0.05) is 26.8 Å². The van der Waals surface area contributed by atoms with Crippen molar-refractivity contribution in [3.8, 4) is 0 Å². The first kappa shape index (κ1) is 14.2. The van der Waals surface area contributed by atoms with Gasteiger partial charge in [0.2, 0.25) is 0 Å². The number of pyridine rings is 1. The van der Waals surface area contributed by atoms with Crippen LogP contribution in [0.1, 0.15) is 48.2 Å². The molecule has 0 radical (unpaired) electrons. The summed E-state index contributed by atoms with van der Waals surface area (Å²) in [7, 11) is 0. The van der Waals surface area contributed by atoms with Crippen LogP contribution in [0, 0.1) is 5.92 Å². The van der Waals surface area contributed by atoms with Crippen LogP contribution in [0.25, 0.3) is 0 Å². The third-order valence-corrected chi connectivity index (χ3v) is 2.76. The lowest BCUT2D eigenvalue weighted by atomic mass is 10.0. The Hall–Kier alpha value is -1.91. The molecular formula is C13H18N2O3. The average Bonchev–Trinajstić information content (AvgIpc) is 2.35. The van der Waals surface area contributed by atoms with Gasteiger partial charge in [0.25, 0.3) is 5.91 Å². The van der Waals surface area contributed by atoms with E-state index >= 15 is 0 Å². The molecule has 1 unspecified atom stereocenters. The second-order valence-corrected chi connectivity index (χ2v) is 4.45. The monoisotopic (exact) mass is 250 g/mol. The Labute approximate surface area is 106 Å². The lowest BCUT2D eigenvalue weighted by molar-refractivity contribution is 0.0690. The maximum absolute atomic E-state index is 11.9. The zero-order valence-electron chi connectivity index (χ0n) is 10.8. The van der Waals surface area contributed by atoms with E-state index in [0.29, 0.717) is 5.92 Å². The van der Waals surface area contributed by atoms with Gasteiger partial charge in [-0.05, 0) is 24.5 Å². The van der Waals surface area contributed by atoms with Crippen molar-refractivity contribution in [1.82, 2.24) is 10.3 Å². The minimum absolute atomic E-state index is 0.0628. The van der Waals surface area contributed by atoms with E-state index in [1.54, 1.807) is 0 Å². The number of carbonyl (C=O) groups excluding carboxylic acids is 1. The van der Waals surface area contributed by atoms with Crippen molar-refractivity contribution in [3.05, 3.63) is 29.6 Å². The number of aromatic nitrogens is 1. The third kappa shape index (κ3) is 3.55. The molecule has 0 aliphatic heterocycles. The number of carbonyl (C=O) groups is 2. The van der Waals surface area contributed by atoms with E-state index in [2.05, 4.69) is 10.3 Å². The SMILES string of the molecule is CCC(NC(=O)c1cccc(C(=O)O)n1)C(C)C. The Balaban J connectivity index is 2.84. The number of rotatable bonds is 5. The highest BCUT2D eigenvalue weighted by molar-refractivity contribution is 5.94. The molecule has 0 fully saturated rings. The highest BCUT2D eigenvalue weighted by Gasteiger charge is 2.17. The molecule has 0 spiro atoms. The number of carboxylic acid groups (broad SMARTS) is 1. The van der Waals surface area contributed by atoms with E-state index in [9.17, 15) is 9.59 Å². The van der Waals surface area contributed by atoms with Crippen LogP contribution in [0.5, 0.6) is 0 Å². The van der Waals surface area contributed by atoms with Gasteiger partial charge in [-0.2, -0.15) is 0 Å². The van der Waals surface area contributed by atoms with Crippen molar-refractivity contribution in [3.63, 3.8) is 0 Å². The first-order valence-electron chi connectivity index (χ1n) is 5.97. The van der Waals surface area contributed by atoms with E-state index in [1.807, 2.05) is 20.8 Å². The maximum atomic E-state index is 11.9. The summed E-state index contributed by atoms with van der Waals surface area (Å²) in [6.07, 6.45) is 0.821. The summed E-state index contributed by atoms with van der Waals surface area (Å²) in [6, 6.07) is 4.45. The molecule has 0 bridgehead atoms. The zero-order chi connectivity index (χ0) is 13.7. The number of hydrogen-bond acceptors (Lipinski definition) is 3. The minimum Gasteiger partial charge on any atom is -0.477 e. The summed E-state index contributed by atoms with van der Waals surface area (Å²) in [5.41, 5.74) is 0.00856. The highest BCUT2D eigenvalue weighted by atomic mass is 16.4. The molecule has 2 N–H and O–H groups in total. The summed E-state index contributed by atoms with van der Waals surface area (Å²) in [5.74, 6) is -1.15. The molecule has 1 amide bonds. The van der Waals surface area contributed by atoms with E-state index < -0.39 is 5.97 Å². The Bertz CT molecular complexity index is 444. The Morgan fingerprint density at radius 3 is 2.44 bits per heavy atom. The number of hydrogen-bond donors (Lipinski definition) is 2. The normalized spacial score (nSPS) is 12.2. The van der Waals surface area contributed by atoms with Crippen molar-refractivity contribution in [2.24, 2.45) is 5.92 Å². The quantitative estimate of drug-likeness (QED) is 0.837. The fraction of sp³-hybridized carbons (Fsp3) is 0.462. The van der Waals surface area contributed by atoms with E-state index in [-0.39, 0.29) is 23.3 Å². The number of nitrogens with zero attached hydrogens (tertiary/aromatic N) is 1. The van der Waals surface area contributed by atoms with E-state index in [1.165, 1.54) is 18.2 Å². The minimum atomic E-state index is -1.14. The molecule has 0 aliphatic rings. The van der Waals surface area contributed by atoms with Crippen molar-refractivity contribution in [2.75, 3.05) is 0 Å². The van der Waals surface area contributed by atoms with Crippen molar-refractivity contribution in [2.45, 2.75) is 33.2 Å². The van der Waals surface area contributed by atoms with Crippen molar-refractivity contribution < 1.29 is 14.7 Å². The Morgan fingerprint density at radius 1 is 1.33 bits per heavy atom. The van der Waals surface area contributed by atoms with Crippen LogP contribution in [-0.4, -0.2) is 28.0 Å². The van der Waals surface area contributed by atoms with E-state index in [4.69, 9.17) is 5.11 Å². The second-order valence-electron chi connectivity index (χ2n) is 4.45. The lowest BCUT2D eigenvalue weighted by Gasteiger charge is -2.20. The van der Waals surface area contributed by atoms with Gasteiger partial charge in [0.05, 0.1) is 0 Å². The number of carboxylic acids is 1. The molecular weight excluding hydrogens is 232 g/mol. The molecule has 1 heterocycles. The van der Waals surface area contributed by atoms with Crippen LogP contribution in [0.2, 0.25) is 0 Å².